The minimum atomic E-state index is -3.40. The third-order valence-electron chi connectivity index (χ3n) is 4.08. The summed E-state index contributed by atoms with van der Waals surface area (Å²) in [5.41, 5.74) is 2.21. The Balaban J connectivity index is 2.26. The van der Waals surface area contributed by atoms with Crippen molar-refractivity contribution in [1.82, 2.24) is 10.2 Å². The monoisotopic (exact) mass is 294 g/mol. The van der Waals surface area contributed by atoms with Gasteiger partial charge in [0, 0.05) is 25.9 Å². The molecule has 1 amide bonds. The van der Waals surface area contributed by atoms with E-state index in [0.29, 0.717) is 18.7 Å². The second-order valence-electron chi connectivity index (χ2n) is 5.40. The summed E-state index contributed by atoms with van der Waals surface area (Å²) < 4.78 is 24.1. The van der Waals surface area contributed by atoms with Crippen LogP contribution in [0, 0.1) is 0 Å². The van der Waals surface area contributed by atoms with Crippen molar-refractivity contribution in [3.05, 3.63) is 28.8 Å². The molecule has 1 aromatic rings. The Kier molecular flexibility index (Phi) is 3.10. The molecule has 5 nitrogen and oxygen atoms in total. The zero-order valence-electron chi connectivity index (χ0n) is 11.6. The third kappa shape index (κ3) is 1.94. The molecule has 0 bridgehead atoms. The van der Waals surface area contributed by atoms with Gasteiger partial charge in [-0.3, -0.25) is 4.79 Å². The van der Waals surface area contributed by atoms with Crippen LogP contribution in [0.15, 0.2) is 17.0 Å². The van der Waals surface area contributed by atoms with Gasteiger partial charge in [-0.15, -0.1) is 0 Å². The highest BCUT2D eigenvalue weighted by Gasteiger charge is 2.41. The number of carbonyl (C=O) groups excluding carboxylic acids is 1. The van der Waals surface area contributed by atoms with E-state index in [1.54, 1.807) is 11.0 Å². The van der Waals surface area contributed by atoms with Gasteiger partial charge in [-0.2, -0.15) is 0 Å². The number of hydrogen-bond donors (Lipinski definition) is 1. The van der Waals surface area contributed by atoms with Crippen LogP contribution >= 0.6 is 0 Å². The topological polar surface area (TPSA) is 66.5 Å². The van der Waals surface area contributed by atoms with E-state index < -0.39 is 9.84 Å². The summed E-state index contributed by atoms with van der Waals surface area (Å²) in [7, 11) is -3.40. The van der Waals surface area contributed by atoms with E-state index in [0.717, 1.165) is 24.1 Å². The maximum atomic E-state index is 12.5. The Hall–Kier alpha value is -1.40. The molecule has 2 aliphatic heterocycles. The Morgan fingerprint density at radius 3 is 2.80 bits per heavy atom. The number of benzene rings is 1. The fourth-order valence-electron chi connectivity index (χ4n) is 3.05. The van der Waals surface area contributed by atoms with Crippen molar-refractivity contribution < 1.29 is 13.2 Å². The van der Waals surface area contributed by atoms with E-state index >= 15 is 0 Å². The highest BCUT2D eigenvalue weighted by Crippen LogP contribution is 2.38. The molecule has 0 aromatic heterocycles. The van der Waals surface area contributed by atoms with Crippen LogP contribution in [0.3, 0.4) is 0 Å². The van der Waals surface area contributed by atoms with E-state index in [-0.39, 0.29) is 16.8 Å². The maximum Gasteiger partial charge on any atom is 0.256 e. The molecule has 1 saturated heterocycles. The molecule has 1 aromatic carbocycles. The van der Waals surface area contributed by atoms with Crippen molar-refractivity contribution >= 4 is 15.7 Å². The van der Waals surface area contributed by atoms with Crippen molar-refractivity contribution in [1.29, 1.82) is 0 Å². The molecule has 1 fully saturated rings. The minimum absolute atomic E-state index is 0.0294. The molecule has 0 saturated carbocycles. The van der Waals surface area contributed by atoms with Gasteiger partial charge < -0.3 is 10.2 Å². The van der Waals surface area contributed by atoms with Crippen LogP contribution in [0.25, 0.3) is 0 Å². The lowest BCUT2D eigenvalue weighted by Crippen LogP contribution is -2.44. The normalized spacial score (nSPS) is 21.8. The van der Waals surface area contributed by atoms with Gasteiger partial charge in [0.15, 0.2) is 9.84 Å². The molecular weight excluding hydrogens is 276 g/mol. The number of carbonyl (C=O) groups is 1. The number of hydrogen-bond acceptors (Lipinski definition) is 4. The van der Waals surface area contributed by atoms with Crippen molar-refractivity contribution in [3.8, 4) is 0 Å². The molecule has 0 aliphatic carbocycles. The van der Waals surface area contributed by atoms with Crippen LogP contribution in [-0.4, -0.2) is 45.1 Å². The van der Waals surface area contributed by atoms with E-state index in [1.807, 2.05) is 13.0 Å². The van der Waals surface area contributed by atoms with Gasteiger partial charge in [0.1, 0.15) is 0 Å². The molecule has 108 valence electrons. The summed E-state index contributed by atoms with van der Waals surface area (Å²) >= 11 is 0. The highest BCUT2D eigenvalue weighted by molar-refractivity contribution is 7.90. The number of nitrogens with zero attached hydrogens (tertiary/aromatic N) is 1. The van der Waals surface area contributed by atoms with Crippen LogP contribution in [-0.2, 0) is 16.3 Å². The molecule has 0 unspecified atom stereocenters. The standard InChI is InChI=1S/C14H18N2O3S/c1-3-9-6-10-11-8-15-4-5-16(11)14(17)13(10)12(7-9)20(2,18)19/h6-7,11,15H,3-5,8H2,1-2H3/t11-/m0/s1. The Labute approximate surface area is 118 Å². The van der Waals surface area contributed by atoms with E-state index in [1.165, 1.54) is 6.26 Å². The summed E-state index contributed by atoms with van der Waals surface area (Å²) in [6.07, 6.45) is 1.93. The van der Waals surface area contributed by atoms with Crippen molar-refractivity contribution in [2.45, 2.75) is 24.3 Å². The van der Waals surface area contributed by atoms with Crippen LogP contribution < -0.4 is 5.32 Å². The maximum absolute atomic E-state index is 12.5. The summed E-state index contributed by atoms with van der Waals surface area (Å²) in [6, 6.07) is 3.61. The number of rotatable bonds is 2. The fourth-order valence-corrected chi connectivity index (χ4v) is 3.99. The predicted octanol–water partition coefficient (Wildman–Crippen LogP) is 0.753. The Morgan fingerprint density at radius 2 is 2.15 bits per heavy atom. The second kappa shape index (κ2) is 4.56. The lowest BCUT2D eigenvalue weighted by Gasteiger charge is -2.30. The smallest absolute Gasteiger partial charge is 0.256 e. The summed E-state index contributed by atoms with van der Waals surface area (Å²) in [5, 5.41) is 3.27. The SMILES string of the molecule is CCc1cc2c(c(S(C)(=O)=O)c1)C(=O)N1CCNC[C@@H]21. The first kappa shape index (κ1) is 13.6. The number of sulfone groups is 1. The fraction of sp³-hybridized carbons (Fsp3) is 0.500. The molecule has 0 spiro atoms. The largest absolute Gasteiger partial charge is 0.329 e. The minimum Gasteiger partial charge on any atom is -0.329 e. The number of nitrogens with one attached hydrogen (secondary N) is 1. The summed E-state index contributed by atoms with van der Waals surface area (Å²) in [6.45, 7) is 4.06. The molecule has 1 atom stereocenters. The van der Waals surface area contributed by atoms with Gasteiger partial charge in [-0.1, -0.05) is 13.0 Å². The van der Waals surface area contributed by atoms with Gasteiger partial charge >= 0.3 is 0 Å². The zero-order valence-corrected chi connectivity index (χ0v) is 12.5. The average Bonchev–Trinajstić information content (AvgIpc) is 2.71. The van der Waals surface area contributed by atoms with Gasteiger partial charge in [-0.25, -0.2) is 8.42 Å². The van der Waals surface area contributed by atoms with Gasteiger partial charge in [-0.05, 0) is 23.6 Å². The molecule has 6 heteroatoms. The first-order chi connectivity index (χ1) is 9.43. The van der Waals surface area contributed by atoms with E-state index in [2.05, 4.69) is 5.32 Å². The van der Waals surface area contributed by atoms with Crippen LogP contribution in [0.1, 0.15) is 34.5 Å². The molecule has 3 rings (SSSR count). The molecule has 0 radical (unpaired) electrons. The summed E-state index contributed by atoms with van der Waals surface area (Å²) in [4.78, 5) is 14.5. The number of aryl methyl sites for hydroxylation is 1. The van der Waals surface area contributed by atoms with Crippen LogP contribution in [0.4, 0.5) is 0 Å². The van der Waals surface area contributed by atoms with Gasteiger partial charge in [0.2, 0.25) is 0 Å². The van der Waals surface area contributed by atoms with Gasteiger partial charge in [0.25, 0.3) is 5.91 Å². The van der Waals surface area contributed by atoms with Gasteiger partial charge in [0.05, 0.1) is 16.5 Å². The first-order valence-electron chi connectivity index (χ1n) is 6.82. The molecule has 20 heavy (non-hydrogen) atoms. The zero-order chi connectivity index (χ0) is 14.5. The van der Waals surface area contributed by atoms with Crippen LogP contribution in [0.5, 0.6) is 0 Å². The molecular formula is C14H18N2O3S. The van der Waals surface area contributed by atoms with Crippen LogP contribution in [0.2, 0.25) is 0 Å². The predicted molar refractivity (Wildman–Crippen MR) is 75.6 cm³/mol. The van der Waals surface area contributed by atoms with Crippen molar-refractivity contribution in [2.24, 2.45) is 0 Å². The number of fused-ring (bicyclic) bond motifs is 3. The van der Waals surface area contributed by atoms with E-state index in [9.17, 15) is 13.2 Å². The Bertz CT molecular complexity index is 682. The third-order valence-corrected chi connectivity index (χ3v) is 5.20. The Morgan fingerprint density at radius 1 is 1.40 bits per heavy atom. The van der Waals surface area contributed by atoms with E-state index in [4.69, 9.17) is 0 Å². The second-order valence-corrected chi connectivity index (χ2v) is 7.39. The molecule has 1 N–H and O–H groups in total. The summed E-state index contributed by atoms with van der Waals surface area (Å²) in [5.74, 6) is -0.144. The average molecular weight is 294 g/mol. The lowest BCUT2D eigenvalue weighted by atomic mass is 9.99. The highest BCUT2D eigenvalue weighted by atomic mass is 32.2. The number of piperazine rings is 1. The first-order valence-corrected chi connectivity index (χ1v) is 8.71. The quantitative estimate of drug-likeness (QED) is 0.874. The molecule has 2 aliphatic rings. The molecule has 2 heterocycles. The van der Waals surface area contributed by atoms with Crippen molar-refractivity contribution in [2.75, 3.05) is 25.9 Å². The van der Waals surface area contributed by atoms with Crippen molar-refractivity contribution in [3.63, 3.8) is 0 Å². The number of amides is 1. The lowest BCUT2D eigenvalue weighted by molar-refractivity contribution is 0.0688.